The predicted molar refractivity (Wildman–Crippen MR) is 145 cm³/mol. The van der Waals surface area contributed by atoms with Crippen molar-refractivity contribution in [3.8, 4) is 0 Å². The fraction of sp³-hybridized carbons (Fsp3) is 1.00. The van der Waals surface area contributed by atoms with Gasteiger partial charge in [0.15, 0.2) is 0 Å². The molecular weight excluding hydrogens is 372 g/mol. The fourth-order valence-electron chi connectivity index (χ4n) is 3.68. The monoisotopic (exact) mass is 437 g/mol. The van der Waals surface area contributed by atoms with Gasteiger partial charge in [-0.15, -0.1) is 0 Å². The van der Waals surface area contributed by atoms with Crippen LogP contribution in [0.2, 0.25) is 0 Å². The maximum absolute atomic E-state index is 2.41. The highest BCUT2D eigenvalue weighted by Crippen LogP contribution is 2.53. The highest BCUT2D eigenvalue weighted by molar-refractivity contribution is 4.92. The van der Waals surface area contributed by atoms with E-state index in [1.807, 2.05) is 0 Å². The number of rotatable bonds is 0. The van der Waals surface area contributed by atoms with Crippen molar-refractivity contribution in [2.24, 2.45) is 44.8 Å². The normalized spacial score (nSPS) is 21.3. The van der Waals surface area contributed by atoms with Crippen LogP contribution >= 0.6 is 0 Å². The van der Waals surface area contributed by atoms with Gasteiger partial charge >= 0.3 is 0 Å². The molecular formula is C31H64. The average molecular weight is 437 g/mol. The van der Waals surface area contributed by atoms with Gasteiger partial charge in [-0.3, -0.25) is 0 Å². The first-order valence-corrected chi connectivity index (χ1v) is 13.6. The first-order chi connectivity index (χ1) is 13.6. The highest BCUT2D eigenvalue weighted by Gasteiger charge is 2.41. The summed E-state index contributed by atoms with van der Waals surface area (Å²) in [6, 6.07) is 0. The van der Waals surface area contributed by atoms with E-state index in [1.165, 1.54) is 51.4 Å². The van der Waals surface area contributed by atoms with Crippen molar-refractivity contribution in [2.75, 3.05) is 0 Å². The third kappa shape index (κ3) is 12.1. The molecule has 0 saturated heterocycles. The zero-order valence-corrected chi connectivity index (χ0v) is 24.9. The second-order valence-electron chi connectivity index (χ2n) is 15.8. The molecule has 0 nitrogen and oxygen atoms in total. The number of hydrogen-bond donors (Lipinski definition) is 0. The lowest BCUT2D eigenvalue weighted by molar-refractivity contribution is 0.0176. The van der Waals surface area contributed by atoms with Gasteiger partial charge in [0.25, 0.3) is 0 Å². The van der Waals surface area contributed by atoms with Crippen molar-refractivity contribution in [3.63, 3.8) is 0 Å². The van der Waals surface area contributed by atoms with Crippen molar-refractivity contribution < 1.29 is 0 Å². The van der Waals surface area contributed by atoms with Crippen LogP contribution in [0.15, 0.2) is 0 Å². The smallest absolute Gasteiger partial charge is 0.0277 e. The minimum atomic E-state index is 0.500. The molecule has 3 fully saturated rings. The minimum absolute atomic E-state index is 0.500. The van der Waals surface area contributed by atoms with Crippen LogP contribution in [-0.4, -0.2) is 0 Å². The Morgan fingerprint density at radius 1 is 0.581 bits per heavy atom. The third-order valence-corrected chi connectivity index (χ3v) is 9.13. The molecule has 0 heterocycles. The summed E-state index contributed by atoms with van der Waals surface area (Å²) in [5.74, 6) is 2.88. The molecule has 0 spiro atoms. The Bertz CT molecular complexity index is 456. The summed E-state index contributed by atoms with van der Waals surface area (Å²) in [6.45, 7) is 34.8. The molecule has 3 rings (SSSR count). The molecule has 0 bridgehead atoms. The van der Waals surface area contributed by atoms with Gasteiger partial charge in [0, 0.05) is 0 Å². The zero-order valence-electron chi connectivity index (χ0n) is 24.9. The van der Waals surface area contributed by atoms with E-state index in [4.69, 9.17) is 0 Å². The van der Waals surface area contributed by atoms with Gasteiger partial charge in [0.2, 0.25) is 0 Å². The molecule has 31 heavy (non-hydrogen) atoms. The predicted octanol–water partition coefficient (Wildman–Crippen LogP) is 11.2. The lowest BCUT2D eigenvalue weighted by atomic mass is 9.56. The molecule has 0 atom stereocenters. The van der Waals surface area contributed by atoms with E-state index in [0.717, 1.165) is 17.8 Å². The van der Waals surface area contributed by atoms with Crippen molar-refractivity contribution in [2.45, 2.75) is 155 Å². The molecule has 0 aromatic rings. The number of hydrogen-bond acceptors (Lipinski definition) is 0. The maximum atomic E-state index is 2.41. The first-order valence-electron chi connectivity index (χ1n) is 13.6. The van der Waals surface area contributed by atoms with Crippen LogP contribution < -0.4 is 0 Å². The second-order valence-corrected chi connectivity index (χ2v) is 15.8. The average Bonchev–Trinajstić information content (AvgIpc) is 3.24. The molecule has 3 aliphatic rings. The summed E-state index contributed by atoms with van der Waals surface area (Å²) in [5, 5.41) is 0. The van der Waals surface area contributed by atoms with E-state index in [9.17, 15) is 0 Å². The molecule has 0 aromatic heterocycles. The van der Waals surface area contributed by atoms with Gasteiger partial charge < -0.3 is 0 Å². The molecule has 0 radical (unpaired) electrons. The van der Waals surface area contributed by atoms with Gasteiger partial charge in [-0.25, -0.2) is 0 Å². The van der Waals surface area contributed by atoms with Crippen LogP contribution in [0.3, 0.4) is 0 Å². The Labute approximate surface area is 200 Å². The zero-order chi connectivity index (χ0) is 24.9. The van der Waals surface area contributed by atoms with Crippen LogP contribution in [0.25, 0.3) is 0 Å². The van der Waals surface area contributed by atoms with E-state index in [-0.39, 0.29) is 0 Å². The molecule has 0 heteroatoms. The second kappa shape index (κ2) is 11.4. The van der Waals surface area contributed by atoms with Crippen LogP contribution in [0.1, 0.15) is 155 Å². The molecule has 0 aromatic carbocycles. The quantitative estimate of drug-likeness (QED) is 0.354. The summed E-state index contributed by atoms with van der Waals surface area (Å²) >= 11 is 0. The van der Waals surface area contributed by atoms with Crippen molar-refractivity contribution in [3.05, 3.63) is 0 Å². The van der Waals surface area contributed by atoms with Gasteiger partial charge in [-0.1, -0.05) is 117 Å². The summed E-state index contributed by atoms with van der Waals surface area (Å²) in [7, 11) is 0. The van der Waals surface area contributed by atoms with Crippen LogP contribution in [-0.2, 0) is 0 Å². The summed E-state index contributed by atoms with van der Waals surface area (Å²) in [6.07, 6.45) is 11.7. The summed E-state index contributed by atoms with van der Waals surface area (Å²) in [4.78, 5) is 0. The SMILES string of the molecule is CC(C)(C)C1(C)CCC1.CC(C)(C)C1CC1.CC(C)(C)C1CCC1.CC(C)C(C)(C)C. The molecule has 188 valence electrons. The van der Waals surface area contributed by atoms with Crippen molar-refractivity contribution >= 4 is 0 Å². The fourth-order valence-corrected chi connectivity index (χ4v) is 3.68. The lowest BCUT2D eigenvalue weighted by Gasteiger charge is -2.49. The standard InChI is InChI=1S/C9H18.C8H16.C7H14.C7H16/c1-8(2,3)9(4)6-5-7-9;1-8(2,3)7-5-4-6-7;1-7(2,3)6-4-5-6;1-6(2)7(3,4)5/h5-7H2,1-4H3;7H,4-6H2,1-3H3;6H,4-5H2,1-3H3;6H,1-5H3. The Balaban J connectivity index is 0.000000390. The van der Waals surface area contributed by atoms with Crippen molar-refractivity contribution in [1.29, 1.82) is 0 Å². The Hall–Kier alpha value is 0. The summed E-state index contributed by atoms with van der Waals surface area (Å²) in [5.41, 5.74) is 2.90. The minimum Gasteiger partial charge on any atom is -0.0623 e. The Morgan fingerprint density at radius 2 is 0.903 bits per heavy atom. The highest BCUT2D eigenvalue weighted by atomic mass is 14.5. The maximum Gasteiger partial charge on any atom is -0.0277 e. The first kappa shape index (κ1) is 31.0. The molecule has 3 aliphatic carbocycles. The van der Waals surface area contributed by atoms with E-state index in [2.05, 4.69) is 104 Å². The van der Waals surface area contributed by atoms with Crippen LogP contribution in [0.5, 0.6) is 0 Å². The topological polar surface area (TPSA) is 0 Å². The third-order valence-electron chi connectivity index (χ3n) is 9.13. The molecule has 0 N–H and O–H groups in total. The van der Waals surface area contributed by atoms with Crippen LogP contribution in [0.4, 0.5) is 0 Å². The Kier molecular flexibility index (Phi) is 11.4. The van der Waals surface area contributed by atoms with E-state index in [1.54, 1.807) is 0 Å². The Morgan fingerprint density at radius 3 is 0.903 bits per heavy atom. The van der Waals surface area contributed by atoms with E-state index < -0.39 is 0 Å². The molecule has 0 amide bonds. The van der Waals surface area contributed by atoms with Crippen molar-refractivity contribution in [1.82, 2.24) is 0 Å². The molecule has 0 unspecified atom stereocenters. The van der Waals surface area contributed by atoms with E-state index >= 15 is 0 Å². The van der Waals surface area contributed by atoms with Crippen LogP contribution in [0, 0.1) is 44.8 Å². The molecule has 3 saturated carbocycles. The molecule has 0 aliphatic heterocycles. The van der Waals surface area contributed by atoms with Gasteiger partial charge in [0.05, 0.1) is 0 Å². The van der Waals surface area contributed by atoms with Gasteiger partial charge in [-0.05, 0) is 83.4 Å². The largest absolute Gasteiger partial charge is 0.0623 e. The van der Waals surface area contributed by atoms with Gasteiger partial charge in [-0.2, -0.15) is 0 Å². The van der Waals surface area contributed by atoms with Gasteiger partial charge in [0.1, 0.15) is 0 Å². The lowest BCUT2D eigenvalue weighted by Crippen LogP contribution is -2.38. The summed E-state index contributed by atoms with van der Waals surface area (Å²) < 4.78 is 0. The van der Waals surface area contributed by atoms with E-state index in [0.29, 0.717) is 27.1 Å².